The molecule has 2 saturated heterocycles. The molecular weight excluding hydrogens is 588 g/mol. The summed E-state index contributed by atoms with van der Waals surface area (Å²) < 4.78 is 25.7. The molecule has 0 spiro atoms. The number of hydrogen-bond donors (Lipinski definition) is 2. The number of carbonyl (C=O) groups excluding carboxylic acids is 3. The highest BCUT2D eigenvalue weighted by Crippen LogP contribution is 2.32. The zero-order valence-corrected chi connectivity index (χ0v) is 24.8. The van der Waals surface area contributed by atoms with Gasteiger partial charge in [-0.2, -0.15) is 0 Å². The molecule has 13 heteroatoms. The molecule has 3 aliphatic rings. The van der Waals surface area contributed by atoms with Crippen molar-refractivity contribution in [3.05, 3.63) is 70.6 Å². The lowest BCUT2D eigenvalue weighted by molar-refractivity contribution is -0.139. The van der Waals surface area contributed by atoms with Crippen molar-refractivity contribution in [1.29, 1.82) is 0 Å². The van der Waals surface area contributed by atoms with E-state index in [-0.39, 0.29) is 47.6 Å². The lowest BCUT2D eigenvalue weighted by atomic mass is 10.0. The van der Waals surface area contributed by atoms with Crippen LogP contribution in [0.15, 0.2) is 69.8 Å². The van der Waals surface area contributed by atoms with Gasteiger partial charge in [-0.3, -0.25) is 14.4 Å². The van der Waals surface area contributed by atoms with Crippen LogP contribution in [0.3, 0.4) is 0 Å². The molecule has 41 heavy (non-hydrogen) atoms. The molecule has 5 rings (SSSR count). The Balaban J connectivity index is 1.28. The number of aliphatic hydroxyl groups is 1. The molecule has 218 valence electrons. The number of rotatable bonds is 8. The second-order valence-corrected chi connectivity index (χ2v) is 13.8. The van der Waals surface area contributed by atoms with Gasteiger partial charge in [-0.05, 0) is 44.0 Å². The van der Waals surface area contributed by atoms with Crippen molar-refractivity contribution in [2.75, 3.05) is 37.7 Å². The number of piperazine rings is 1. The molecule has 0 bridgehead atoms. The number of carbonyl (C=O) groups is 3. The molecule has 2 aromatic carbocycles. The first-order chi connectivity index (χ1) is 19.6. The van der Waals surface area contributed by atoms with Gasteiger partial charge in [0, 0.05) is 31.1 Å². The lowest BCUT2D eigenvalue weighted by Crippen LogP contribution is -2.66. The van der Waals surface area contributed by atoms with Crippen molar-refractivity contribution < 1.29 is 27.9 Å². The van der Waals surface area contributed by atoms with E-state index in [9.17, 15) is 27.9 Å². The summed E-state index contributed by atoms with van der Waals surface area (Å²) in [6, 6.07) is 13.4. The summed E-state index contributed by atoms with van der Waals surface area (Å²) in [6.07, 6.45) is 0.646. The van der Waals surface area contributed by atoms with Crippen LogP contribution in [0.5, 0.6) is 0 Å². The summed E-state index contributed by atoms with van der Waals surface area (Å²) in [7, 11) is -3.64. The van der Waals surface area contributed by atoms with Crippen LogP contribution >= 0.6 is 23.4 Å². The Morgan fingerprint density at radius 2 is 1.83 bits per heavy atom. The Labute approximate surface area is 248 Å². The molecule has 2 aromatic rings. The first kappa shape index (κ1) is 29.3. The summed E-state index contributed by atoms with van der Waals surface area (Å²) in [6.45, 7) is 2.75. The Bertz CT molecular complexity index is 1500. The standard InChI is InChI=1S/C28H31ClN4O6S2/c1-18-8-10-19(11-9-18)41(38,39)16-15-31-13-14-33-24(28(31)37)25(35)27(36)30-26(33)21-6-4-12-32(21)23(34)17-40-22-7-3-2-5-20(22)29/h2-3,5,7-11,21,26,35H,4,6,12-17H2,1H3,(H,30,36)/t21-,26?/m0/s1. The van der Waals surface area contributed by atoms with Crippen LogP contribution in [0, 0.1) is 6.92 Å². The van der Waals surface area contributed by atoms with Crippen LogP contribution in [-0.2, 0) is 24.2 Å². The topological polar surface area (TPSA) is 127 Å². The van der Waals surface area contributed by atoms with Gasteiger partial charge in [0.15, 0.2) is 15.5 Å². The van der Waals surface area contributed by atoms with Gasteiger partial charge < -0.3 is 25.1 Å². The largest absolute Gasteiger partial charge is 0.501 e. The molecule has 0 aliphatic carbocycles. The zero-order chi connectivity index (χ0) is 29.3. The SMILES string of the molecule is Cc1ccc(S(=O)(=O)CCN2CCN3C(=C(O)C(=O)NC3[C@@H]3CCCN3C(=O)CSc3ccccc3Cl)C2=O)cc1. The number of nitrogens with zero attached hydrogens (tertiary/aromatic N) is 3. The summed E-state index contributed by atoms with van der Waals surface area (Å²) >= 11 is 7.57. The van der Waals surface area contributed by atoms with E-state index in [0.29, 0.717) is 18.0 Å². The Morgan fingerprint density at radius 3 is 2.56 bits per heavy atom. The summed E-state index contributed by atoms with van der Waals surface area (Å²) in [5.41, 5.74) is 0.771. The molecule has 2 atom stereocenters. The molecule has 3 amide bonds. The van der Waals surface area contributed by atoms with Gasteiger partial charge in [-0.15, -0.1) is 11.8 Å². The molecule has 2 N–H and O–H groups in total. The van der Waals surface area contributed by atoms with Gasteiger partial charge in [0.1, 0.15) is 6.17 Å². The summed E-state index contributed by atoms with van der Waals surface area (Å²) in [5, 5.41) is 14.0. The van der Waals surface area contributed by atoms with E-state index in [4.69, 9.17) is 11.6 Å². The van der Waals surface area contributed by atoms with E-state index in [0.717, 1.165) is 16.9 Å². The number of likely N-dealkylation sites (tertiary alicyclic amines) is 1. The number of amides is 3. The number of thioether (sulfide) groups is 1. The van der Waals surface area contributed by atoms with Crippen LogP contribution < -0.4 is 5.32 Å². The van der Waals surface area contributed by atoms with Gasteiger partial charge in [0.05, 0.1) is 27.5 Å². The average Bonchev–Trinajstić information content (AvgIpc) is 3.44. The van der Waals surface area contributed by atoms with Gasteiger partial charge in [0.25, 0.3) is 11.8 Å². The molecule has 2 fully saturated rings. The molecule has 3 heterocycles. The van der Waals surface area contributed by atoms with Crippen molar-refractivity contribution >= 4 is 50.9 Å². The van der Waals surface area contributed by atoms with Crippen LogP contribution in [0.25, 0.3) is 0 Å². The smallest absolute Gasteiger partial charge is 0.290 e. The van der Waals surface area contributed by atoms with Gasteiger partial charge in [0.2, 0.25) is 11.7 Å². The van der Waals surface area contributed by atoms with E-state index in [1.807, 2.05) is 25.1 Å². The minimum Gasteiger partial charge on any atom is -0.501 e. The fourth-order valence-corrected chi connectivity index (χ4v) is 7.82. The Hall–Kier alpha value is -3.22. The fourth-order valence-electron chi connectivity index (χ4n) is 5.44. The number of aliphatic hydroxyl groups excluding tert-OH is 1. The second kappa shape index (κ2) is 11.9. The van der Waals surface area contributed by atoms with E-state index in [1.54, 1.807) is 28.0 Å². The summed E-state index contributed by atoms with van der Waals surface area (Å²) in [4.78, 5) is 45.2. The predicted molar refractivity (Wildman–Crippen MR) is 155 cm³/mol. The molecule has 0 aromatic heterocycles. The van der Waals surface area contributed by atoms with E-state index in [2.05, 4.69) is 5.32 Å². The zero-order valence-electron chi connectivity index (χ0n) is 22.5. The third-order valence-electron chi connectivity index (χ3n) is 7.62. The minimum atomic E-state index is -3.64. The number of halogens is 1. The molecule has 0 radical (unpaired) electrons. The molecule has 1 unspecified atom stereocenters. The first-order valence-corrected chi connectivity index (χ1v) is 16.3. The van der Waals surface area contributed by atoms with Gasteiger partial charge >= 0.3 is 0 Å². The molecule has 3 aliphatic heterocycles. The van der Waals surface area contributed by atoms with Crippen molar-refractivity contribution in [1.82, 2.24) is 20.0 Å². The predicted octanol–water partition coefficient (Wildman–Crippen LogP) is 2.58. The Morgan fingerprint density at radius 1 is 1.10 bits per heavy atom. The average molecular weight is 619 g/mol. The highest BCUT2D eigenvalue weighted by Gasteiger charge is 2.47. The normalized spacial score (nSPS) is 21.3. The number of nitrogens with one attached hydrogen (secondary N) is 1. The maximum absolute atomic E-state index is 13.5. The van der Waals surface area contributed by atoms with Crippen LogP contribution in [0.1, 0.15) is 18.4 Å². The third-order valence-corrected chi connectivity index (χ3v) is 10.8. The highest BCUT2D eigenvalue weighted by molar-refractivity contribution is 8.00. The number of sulfone groups is 1. The molecular formula is C28H31ClN4O6S2. The maximum Gasteiger partial charge on any atom is 0.290 e. The quantitative estimate of drug-likeness (QED) is 0.432. The molecule has 10 nitrogen and oxygen atoms in total. The summed E-state index contributed by atoms with van der Waals surface area (Å²) in [5.74, 6) is -2.36. The number of hydrogen-bond acceptors (Lipinski definition) is 8. The number of fused-ring (bicyclic) bond motifs is 1. The van der Waals surface area contributed by atoms with Gasteiger partial charge in [-0.25, -0.2) is 8.42 Å². The minimum absolute atomic E-state index is 0.0841. The first-order valence-electron chi connectivity index (χ1n) is 13.3. The van der Waals surface area contributed by atoms with Crippen molar-refractivity contribution in [2.24, 2.45) is 0 Å². The molecule has 0 saturated carbocycles. The van der Waals surface area contributed by atoms with E-state index < -0.39 is 39.6 Å². The second-order valence-electron chi connectivity index (χ2n) is 10.2. The van der Waals surface area contributed by atoms with Crippen molar-refractivity contribution in [3.63, 3.8) is 0 Å². The monoisotopic (exact) mass is 618 g/mol. The van der Waals surface area contributed by atoms with Crippen molar-refractivity contribution in [3.8, 4) is 0 Å². The van der Waals surface area contributed by atoms with Crippen LogP contribution in [-0.4, -0.2) is 95.8 Å². The van der Waals surface area contributed by atoms with Crippen LogP contribution in [0.4, 0.5) is 0 Å². The maximum atomic E-state index is 13.5. The van der Waals surface area contributed by atoms with Crippen molar-refractivity contribution in [2.45, 2.75) is 41.8 Å². The van der Waals surface area contributed by atoms with Gasteiger partial charge in [-0.1, -0.05) is 41.4 Å². The lowest BCUT2D eigenvalue weighted by Gasteiger charge is -2.47. The Kier molecular flexibility index (Phi) is 8.53. The number of aryl methyl sites for hydroxylation is 1. The fraction of sp³-hybridized carbons (Fsp3) is 0.393. The highest BCUT2D eigenvalue weighted by atomic mass is 35.5. The number of benzene rings is 2. The van der Waals surface area contributed by atoms with E-state index in [1.165, 1.54) is 28.8 Å². The third kappa shape index (κ3) is 6.05. The van der Waals surface area contributed by atoms with E-state index >= 15 is 0 Å². The van der Waals surface area contributed by atoms with Crippen LogP contribution in [0.2, 0.25) is 5.02 Å².